The van der Waals surface area contributed by atoms with Gasteiger partial charge in [0.05, 0.1) is 13.7 Å². The number of carbonyl (C=O) groups is 2. The van der Waals surface area contributed by atoms with Crippen LogP contribution in [0.1, 0.15) is 43.6 Å². The summed E-state index contributed by atoms with van der Waals surface area (Å²) >= 11 is 0. The molecule has 2 aromatic carbocycles. The van der Waals surface area contributed by atoms with Gasteiger partial charge < -0.3 is 15.4 Å². The molecule has 0 spiro atoms. The lowest BCUT2D eigenvalue weighted by atomic mass is 9.77. The van der Waals surface area contributed by atoms with E-state index >= 15 is 0 Å². The third-order valence-corrected chi connectivity index (χ3v) is 5.41. The molecule has 0 saturated heterocycles. The number of ether oxygens (including phenoxy) is 1. The molecule has 1 fully saturated rings. The normalized spacial score (nSPS) is 18.9. The second-order valence-electron chi connectivity index (χ2n) is 7.39. The quantitative estimate of drug-likeness (QED) is 0.759. The van der Waals surface area contributed by atoms with Gasteiger partial charge in [-0.05, 0) is 67.3 Å². The van der Waals surface area contributed by atoms with E-state index in [9.17, 15) is 9.59 Å². The zero-order valence-electron chi connectivity index (χ0n) is 16.3. The lowest BCUT2D eigenvalue weighted by molar-refractivity contribution is -0.125. The Balaban J connectivity index is 1.36. The summed E-state index contributed by atoms with van der Waals surface area (Å²) in [5.74, 6) is 1.47. The Kier molecular flexibility index (Phi) is 7.06. The predicted molar refractivity (Wildman–Crippen MR) is 110 cm³/mol. The maximum Gasteiger partial charge on any atom is 0.243 e. The second kappa shape index (κ2) is 9.93. The van der Waals surface area contributed by atoms with Crippen molar-refractivity contribution < 1.29 is 14.3 Å². The molecule has 0 radical (unpaired) electrons. The SMILES string of the molecule is COc1ccc(NC(=O)CNC(=O)CC2CCC(c3ccccc3)CC2)cc1. The van der Waals surface area contributed by atoms with E-state index < -0.39 is 0 Å². The Labute approximate surface area is 166 Å². The van der Waals surface area contributed by atoms with E-state index in [2.05, 4.69) is 34.9 Å². The van der Waals surface area contributed by atoms with Crippen LogP contribution in [0.2, 0.25) is 0 Å². The average Bonchev–Trinajstić information content (AvgIpc) is 2.74. The fraction of sp³-hybridized carbons (Fsp3) is 0.391. The lowest BCUT2D eigenvalue weighted by Gasteiger charge is -2.28. The van der Waals surface area contributed by atoms with E-state index in [1.165, 1.54) is 5.56 Å². The first kappa shape index (κ1) is 19.9. The van der Waals surface area contributed by atoms with Gasteiger partial charge in [0.1, 0.15) is 5.75 Å². The maximum atomic E-state index is 12.2. The summed E-state index contributed by atoms with van der Waals surface area (Å²) in [7, 11) is 1.59. The number of anilines is 1. The molecule has 28 heavy (non-hydrogen) atoms. The molecule has 3 rings (SSSR count). The first-order valence-corrected chi connectivity index (χ1v) is 9.89. The molecule has 0 bridgehead atoms. The van der Waals surface area contributed by atoms with Crippen LogP contribution < -0.4 is 15.4 Å². The van der Waals surface area contributed by atoms with Gasteiger partial charge in [-0.1, -0.05) is 30.3 Å². The molecule has 2 aromatic rings. The highest BCUT2D eigenvalue weighted by Gasteiger charge is 2.24. The fourth-order valence-corrected chi connectivity index (χ4v) is 3.82. The largest absolute Gasteiger partial charge is 0.497 e. The van der Waals surface area contributed by atoms with Crippen molar-refractivity contribution in [2.45, 2.75) is 38.0 Å². The van der Waals surface area contributed by atoms with Crippen molar-refractivity contribution in [1.82, 2.24) is 5.32 Å². The summed E-state index contributed by atoms with van der Waals surface area (Å²) in [4.78, 5) is 24.2. The predicted octanol–water partition coefficient (Wildman–Crippen LogP) is 4.11. The number of amides is 2. The first-order chi connectivity index (χ1) is 13.6. The van der Waals surface area contributed by atoms with Crippen LogP contribution in [0.25, 0.3) is 0 Å². The van der Waals surface area contributed by atoms with Crippen molar-refractivity contribution in [3.63, 3.8) is 0 Å². The molecule has 148 valence electrons. The summed E-state index contributed by atoms with van der Waals surface area (Å²) in [6.45, 7) is -0.00970. The van der Waals surface area contributed by atoms with Crippen LogP contribution in [-0.4, -0.2) is 25.5 Å². The second-order valence-corrected chi connectivity index (χ2v) is 7.39. The van der Waals surface area contributed by atoms with Crippen LogP contribution in [0.4, 0.5) is 5.69 Å². The summed E-state index contributed by atoms with van der Waals surface area (Å²) < 4.78 is 5.09. The minimum atomic E-state index is -0.230. The molecular weight excluding hydrogens is 352 g/mol. The molecule has 2 amide bonds. The molecule has 0 heterocycles. The van der Waals surface area contributed by atoms with Crippen molar-refractivity contribution in [1.29, 1.82) is 0 Å². The van der Waals surface area contributed by atoms with Crippen LogP contribution in [0, 0.1) is 5.92 Å². The van der Waals surface area contributed by atoms with Gasteiger partial charge in [0.15, 0.2) is 0 Å². The number of carbonyl (C=O) groups excluding carboxylic acids is 2. The topological polar surface area (TPSA) is 67.4 Å². The highest BCUT2D eigenvalue weighted by molar-refractivity contribution is 5.94. The van der Waals surface area contributed by atoms with E-state index in [1.807, 2.05) is 6.07 Å². The van der Waals surface area contributed by atoms with Gasteiger partial charge in [0.2, 0.25) is 11.8 Å². The van der Waals surface area contributed by atoms with Gasteiger partial charge in [-0.25, -0.2) is 0 Å². The monoisotopic (exact) mass is 380 g/mol. The van der Waals surface area contributed by atoms with Gasteiger partial charge in [0, 0.05) is 12.1 Å². The van der Waals surface area contributed by atoms with Crippen molar-refractivity contribution in [3.8, 4) is 5.75 Å². The Morgan fingerprint density at radius 3 is 2.25 bits per heavy atom. The Hall–Kier alpha value is -2.82. The zero-order valence-corrected chi connectivity index (χ0v) is 16.3. The lowest BCUT2D eigenvalue weighted by Crippen LogP contribution is -2.34. The third-order valence-electron chi connectivity index (χ3n) is 5.41. The van der Waals surface area contributed by atoms with Crippen molar-refractivity contribution in [2.24, 2.45) is 5.92 Å². The molecule has 0 atom stereocenters. The summed E-state index contributed by atoms with van der Waals surface area (Å²) in [5.41, 5.74) is 2.08. The Morgan fingerprint density at radius 2 is 1.61 bits per heavy atom. The smallest absolute Gasteiger partial charge is 0.243 e. The van der Waals surface area contributed by atoms with Crippen molar-refractivity contribution in [3.05, 3.63) is 60.2 Å². The van der Waals surface area contributed by atoms with E-state index in [1.54, 1.807) is 31.4 Å². The number of benzene rings is 2. The highest BCUT2D eigenvalue weighted by Crippen LogP contribution is 2.36. The fourth-order valence-electron chi connectivity index (χ4n) is 3.82. The van der Waals surface area contributed by atoms with Gasteiger partial charge >= 0.3 is 0 Å². The average molecular weight is 380 g/mol. The number of hydrogen-bond acceptors (Lipinski definition) is 3. The molecule has 5 nitrogen and oxygen atoms in total. The third kappa shape index (κ3) is 5.84. The van der Waals surface area contributed by atoms with Crippen LogP contribution in [0.3, 0.4) is 0 Å². The number of methoxy groups -OCH3 is 1. The van der Waals surface area contributed by atoms with Gasteiger partial charge in [0.25, 0.3) is 0 Å². The molecule has 1 saturated carbocycles. The Bertz CT molecular complexity index is 766. The van der Waals surface area contributed by atoms with E-state index in [0.717, 1.165) is 31.4 Å². The Morgan fingerprint density at radius 1 is 0.929 bits per heavy atom. The standard InChI is InChI=1S/C23H28N2O3/c1-28-21-13-11-20(12-14-21)25-23(27)16-24-22(26)15-17-7-9-19(10-8-17)18-5-3-2-4-6-18/h2-6,11-14,17,19H,7-10,15-16H2,1H3,(H,24,26)(H,25,27). The molecule has 0 aliphatic heterocycles. The van der Waals surface area contributed by atoms with Crippen molar-refractivity contribution >= 4 is 17.5 Å². The highest BCUT2D eigenvalue weighted by atomic mass is 16.5. The molecule has 0 unspecified atom stereocenters. The molecule has 5 heteroatoms. The van der Waals surface area contributed by atoms with E-state index in [0.29, 0.717) is 23.9 Å². The molecule has 1 aliphatic carbocycles. The van der Waals surface area contributed by atoms with Crippen LogP contribution >= 0.6 is 0 Å². The molecule has 1 aliphatic rings. The van der Waals surface area contributed by atoms with Crippen molar-refractivity contribution in [2.75, 3.05) is 19.0 Å². The van der Waals surface area contributed by atoms with Gasteiger partial charge in [-0.2, -0.15) is 0 Å². The summed E-state index contributed by atoms with van der Waals surface area (Å²) in [5, 5.41) is 5.51. The minimum absolute atomic E-state index is 0.00970. The molecule has 0 aromatic heterocycles. The van der Waals surface area contributed by atoms with Crippen LogP contribution in [0.15, 0.2) is 54.6 Å². The summed E-state index contributed by atoms with van der Waals surface area (Å²) in [6, 6.07) is 17.7. The van der Waals surface area contributed by atoms with E-state index in [4.69, 9.17) is 4.74 Å². The maximum absolute atomic E-state index is 12.2. The van der Waals surface area contributed by atoms with Gasteiger partial charge in [-0.15, -0.1) is 0 Å². The van der Waals surface area contributed by atoms with E-state index in [-0.39, 0.29) is 18.4 Å². The number of hydrogen-bond donors (Lipinski definition) is 2. The first-order valence-electron chi connectivity index (χ1n) is 9.89. The number of nitrogens with one attached hydrogen (secondary N) is 2. The molecular formula is C23H28N2O3. The van der Waals surface area contributed by atoms with Gasteiger partial charge in [-0.3, -0.25) is 9.59 Å². The minimum Gasteiger partial charge on any atom is -0.497 e. The summed E-state index contributed by atoms with van der Waals surface area (Å²) in [6.07, 6.45) is 4.87. The molecule has 2 N–H and O–H groups in total. The zero-order chi connectivity index (χ0) is 19.8. The number of rotatable bonds is 7. The van der Waals surface area contributed by atoms with Crippen LogP contribution in [0.5, 0.6) is 5.75 Å². The van der Waals surface area contributed by atoms with Crippen LogP contribution in [-0.2, 0) is 9.59 Å².